The fraction of sp³-hybridized carbons (Fsp3) is 0.545. The molecule has 0 aromatic carbocycles. The van der Waals surface area contributed by atoms with Crippen LogP contribution >= 0.6 is 12.2 Å². The number of ether oxygens (including phenoxy) is 1. The van der Waals surface area contributed by atoms with Crippen LogP contribution in [0.15, 0.2) is 12.3 Å². The first-order valence-electron chi connectivity index (χ1n) is 5.35. The highest BCUT2D eigenvalue weighted by molar-refractivity contribution is 7.80. The van der Waals surface area contributed by atoms with Gasteiger partial charge in [-0.25, -0.2) is 4.98 Å². The summed E-state index contributed by atoms with van der Waals surface area (Å²) in [5, 5.41) is 0. The van der Waals surface area contributed by atoms with E-state index in [1.807, 2.05) is 0 Å². The summed E-state index contributed by atoms with van der Waals surface area (Å²) in [4.78, 5) is 8.34. The summed E-state index contributed by atoms with van der Waals surface area (Å²) in [5.74, 6) is 0.687. The molecule has 0 atom stereocenters. The van der Waals surface area contributed by atoms with Gasteiger partial charge in [0, 0.05) is 6.20 Å². The van der Waals surface area contributed by atoms with Crippen molar-refractivity contribution >= 4 is 17.2 Å². The molecule has 1 aromatic heterocycles. The van der Waals surface area contributed by atoms with E-state index in [2.05, 4.69) is 23.8 Å². The largest absolute Gasteiger partial charge is 0.463 e. The first kappa shape index (κ1) is 12.8. The minimum absolute atomic E-state index is 0.259. The molecule has 0 aliphatic carbocycles. The molecule has 0 radical (unpaired) electrons. The molecule has 0 saturated heterocycles. The van der Waals surface area contributed by atoms with Crippen molar-refractivity contribution in [1.29, 1.82) is 0 Å². The van der Waals surface area contributed by atoms with Crippen LogP contribution in [0.1, 0.15) is 32.4 Å². The highest BCUT2D eigenvalue weighted by Gasteiger charge is 2.02. The minimum Gasteiger partial charge on any atom is -0.463 e. The van der Waals surface area contributed by atoms with Gasteiger partial charge in [0.2, 0.25) is 0 Å². The van der Waals surface area contributed by atoms with Gasteiger partial charge in [-0.2, -0.15) is 4.98 Å². The van der Waals surface area contributed by atoms with E-state index in [-0.39, 0.29) is 4.99 Å². The van der Waals surface area contributed by atoms with Gasteiger partial charge in [0.15, 0.2) is 0 Å². The van der Waals surface area contributed by atoms with E-state index in [9.17, 15) is 0 Å². The maximum atomic E-state index is 5.46. The number of hydrogen-bond donors (Lipinski definition) is 1. The van der Waals surface area contributed by atoms with E-state index in [4.69, 9.17) is 22.7 Å². The molecule has 0 aliphatic heterocycles. The van der Waals surface area contributed by atoms with Gasteiger partial charge >= 0.3 is 6.01 Å². The summed E-state index contributed by atoms with van der Waals surface area (Å²) >= 11 is 4.82. The SMILES string of the molecule is CC(C)CCCOc1nccc(C(N)=S)n1. The Bertz CT molecular complexity index is 355. The van der Waals surface area contributed by atoms with Gasteiger partial charge in [-0.1, -0.05) is 26.1 Å². The molecule has 4 nitrogen and oxygen atoms in total. The van der Waals surface area contributed by atoms with E-state index in [1.54, 1.807) is 12.3 Å². The lowest BCUT2D eigenvalue weighted by Crippen LogP contribution is -2.13. The van der Waals surface area contributed by atoms with Gasteiger partial charge in [-0.15, -0.1) is 0 Å². The summed E-state index contributed by atoms with van der Waals surface area (Å²) in [5.41, 5.74) is 6.01. The highest BCUT2D eigenvalue weighted by Crippen LogP contribution is 2.06. The number of nitrogens with two attached hydrogens (primary N) is 1. The first-order chi connectivity index (χ1) is 7.59. The van der Waals surface area contributed by atoms with Gasteiger partial charge in [0.1, 0.15) is 10.7 Å². The third-order valence-corrected chi connectivity index (χ3v) is 2.25. The Morgan fingerprint density at radius 3 is 2.94 bits per heavy atom. The van der Waals surface area contributed by atoms with E-state index >= 15 is 0 Å². The molecule has 5 heteroatoms. The van der Waals surface area contributed by atoms with Crippen molar-refractivity contribution in [2.45, 2.75) is 26.7 Å². The molecule has 1 rings (SSSR count). The predicted molar refractivity (Wildman–Crippen MR) is 67.5 cm³/mol. The van der Waals surface area contributed by atoms with Crippen LogP contribution < -0.4 is 10.5 Å². The Morgan fingerprint density at radius 2 is 2.31 bits per heavy atom. The molecule has 0 bridgehead atoms. The predicted octanol–water partition coefficient (Wildman–Crippen LogP) is 1.93. The van der Waals surface area contributed by atoms with Crippen LogP contribution in [-0.2, 0) is 0 Å². The second kappa shape index (κ2) is 6.37. The number of rotatable bonds is 6. The minimum atomic E-state index is 0.259. The molecule has 0 saturated carbocycles. The van der Waals surface area contributed by atoms with Crippen molar-refractivity contribution in [2.75, 3.05) is 6.61 Å². The molecule has 1 aromatic rings. The zero-order valence-electron chi connectivity index (χ0n) is 9.64. The molecule has 0 unspecified atom stereocenters. The van der Waals surface area contributed by atoms with Crippen LogP contribution in [0.25, 0.3) is 0 Å². The van der Waals surface area contributed by atoms with Crippen molar-refractivity contribution < 1.29 is 4.74 Å². The molecule has 88 valence electrons. The lowest BCUT2D eigenvalue weighted by atomic mass is 10.1. The average molecular weight is 239 g/mol. The third kappa shape index (κ3) is 4.53. The average Bonchev–Trinajstić information content (AvgIpc) is 2.24. The van der Waals surface area contributed by atoms with Crippen LogP contribution in [0.4, 0.5) is 0 Å². The van der Waals surface area contributed by atoms with Crippen LogP contribution in [0.3, 0.4) is 0 Å². The summed E-state index contributed by atoms with van der Waals surface area (Å²) in [6.45, 7) is 4.99. The van der Waals surface area contributed by atoms with Gasteiger partial charge in [-0.3, -0.25) is 0 Å². The topological polar surface area (TPSA) is 61.0 Å². The van der Waals surface area contributed by atoms with Gasteiger partial charge in [0.05, 0.1) is 6.61 Å². The van der Waals surface area contributed by atoms with E-state index < -0.39 is 0 Å². The number of aromatic nitrogens is 2. The zero-order chi connectivity index (χ0) is 12.0. The monoisotopic (exact) mass is 239 g/mol. The first-order valence-corrected chi connectivity index (χ1v) is 5.76. The number of nitrogens with zero attached hydrogens (tertiary/aromatic N) is 2. The third-order valence-electron chi connectivity index (χ3n) is 2.04. The molecular weight excluding hydrogens is 222 g/mol. The fourth-order valence-electron chi connectivity index (χ4n) is 1.20. The lowest BCUT2D eigenvalue weighted by Gasteiger charge is -2.06. The van der Waals surface area contributed by atoms with Crippen LogP contribution in [0, 0.1) is 5.92 Å². The Labute approximate surface area is 101 Å². The molecule has 0 fully saturated rings. The Balaban J connectivity index is 2.42. The van der Waals surface area contributed by atoms with Crippen LogP contribution in [0.5, 0.6) is 6.01 Å². The van der Waals surface area contributed by atoms with Crippen molar-refractivity contribution in [3.8, 4) is 6.01 Å². The summed E-state index contributed by atoms with van der Waals surface area (Å²) in [6, 6.07) is 2.01. The molecule has 0 aliphatic rings. The van der Waals surface area contributed by atoms with Crippen molar-refractivity contribution in [2.24, 2.45) is 11.7 Å². The molecule has 1 heterocycles. The van der Waals surface area contributed by atoms with Crippen molar-refractivity contribution in [3.05, 3.63) is 18.0 Å². The Kier molecular flexibility index (Phi) is 5.11. The van der Waals surface area contributed by atoms with Crippen molar-refractivity contribution in [1.82, 2.24) is 9.97 Å². The van der Waals surface area contributed by atoms with Gasteiger partial charge in [-0.05, 0) is 24.8 Å². The maximum absolute atomic E-state index is 5.46. The smallest absolute Gasteiger partial charge is 0.316 e. The Morgan fingerprint density at radius 1 is 1.56 bits per heavy atom. The van der Waals surface area contributed by atoms with E-state index in [0.29, 0.717) is 24.2 Å². The van der Waals surface area contributed by atoms with Gasteiger partial charge in [0.25, 0.3) is 0 Å². The van der Waals surface area contributed by atoms with Gasteiger partial charge < -0.3 is 10.5 Å². The quantitative estimate of drug-likeness (QED) is 0.607. The summed E-state index contributed by atoms with van der Waals surface area (Å²) in [7, 11) is 0. The molecule has 0 amide bonds. The summed E-state index contributed by atoms with van der Waals surface area (Å²) in [6.07, 6.45) is 3.73. The summed E-state index contributed by atoms with van der Waals surface area (Å²) < 4.78 is 5.41. The van der Waals surface area contributed by atoms with Crippen molar-refractivity contribution in [3.63, 3.8) is 0 Å². The van der Waals surface area contributed by atoms with E-state index in [0.717, 1.165) is 12.8 Å². The normalized spacial score (nSPS) is 10.4. The second-order valence-electron chi connectivity index (χ2n) is 3.97. The van der Waals surface area contributed by atoms with Crippen LogP contribution in [-0.4, -0.2) is 21.6 Å². The molecule has 16 heavy (non-hydrogen) atoms. The Hall–Kier alpha value is -1.23. The maximum Gasteiger partial charge on any atom is 0.316 e. The zero-order valence-corrected chi connectivity index (χ0v) is 10.5. The lowest BCUT2D eigenvalue weighted by molar-refractivity contribution is 0.275. The fourth-order valence-corrected chi connectivity index (χ4v) is 1.32. The standard InChI is InChI=1S/C11H17N3OS/c1-8(2)4-3-7-15-11-13-6-5-9(14-11)10(12)16/h5-6,8H,3-4,7H2,1-2H3,(H2,12,16). The highest BCUT2D eigenvalue weighted by atomic mass is 32.1. The molecule has 0 spiro atoms. The molecule has 2 N–H and O–H groups in total. The van der Waals surface area contributed by atoms with Crippen LogP contribution in [0.2, 0.25) is 0 Å². The van der Waals surface area contributed by atoms with E-state index in [1.165, 1.54) is 0 Å². The number of thiocarbonyl (C=S) groups is 1. The second-order valence-corrected chi connectivity index (χ2v) is 4.41. The molecular formula is C11H17N3OS. The number of hydrogen-bond acceptors (Lipinski definition) is 4.